The number of hydrogen-bond donors (Lipinski definition) is 0. The largest absolute Gasteiger partial charge is 0.120 e. The standard InChI is InChI=1S/C17H16BrClS/c1-10(2)16-11-5-4-8-15(19)13(11)9-20-17-12(16)6-3-7-14(17)18/h3-8,10,16H,9H2,1-2H3. The van der Waals surface area contributed by atoms with Gasteiger partial charge in [0.1, 0.15) is 0 Å². The highest BCUT2D eigenvalue weighted by Crippen LogP contribution is 2.47. The SMILES string of the molecule is CC(C)C1c2cccc(Cl)c2CSc2c(Br)cccc21. The molecule has 1 heterocycles. The Bertz CT molecular complexity index is 598. The van der Waals surface area contributed by atoms with Crippen molar-refractivity contribution >= 4 is 39.3 Å². The predicted molar refractivity (Wildman–Crippen MR) is 91.8 cm³/mol. The molecule has 1 atom stereocenters. The summed E-state index contributed by atoms with van der Waals surface area (Å²) < 4.78 is 1.19. The Kier molecular flexibility index (Phi) is 4.16. The minimum atomic E-state index is 0.409. The van der Waals surface area contributed by atoms with Crippen LogP contribution in [0.15, 0.2) is 45.8 Å². The Balaban J connectivity index is 2.27. The second-order valence-electron chi connectivity index (χ2n) is 5.48. The summed E-state index contributed by atoms with van der Waals surface area (Å²) in [5.41, 5.74) is 4.10. The molecule has 0 aliphatic carbocycles. The Labute approximate surface area is 138 Å². The van der Waals surface area contributed by atoms with E-state index in [1.165, 1.54) is 26.1 Å². The van der Waals surface area contributed by atoms with Crippen molar-refractivity contribution in [2.45, 2.75) is 30.4 Å². The molecule has 0 aromatic heterocycles. The number of halogens is 2. The van der Waals surface area contributed by atoms with E-state index in [0.29, 0.717) is 11.8 Å². The van der Waals surface area contributed by atoms with Gasteiger partial charge in [-0.25, -0.2) is 0 Å². The fourth-order valence-electron chi connectivity index (χ4n) is 2.97. The molecule has 3 rings (SSSR count). The summed E-state index contributed by atoms with van der Waals surface area (Å²) in [6.45, 7) is 4.58. The highest BCUT2D eigenvalue weighted by molar-refractivity contribution is 9.10. The van der Waals surface area contributed by atoms with Crippen molar-refractivity contribution in [1.82, 2.24) is 0 Å². The molecule has 0 bridgehead atoms. The van der Waals surface area contributed by atoms with Gasteiger partial charge in [0.25, 0.3) is 0 Å². The molecule has 2 aromatic rings. The van der Waals surface area contributed by atoms with Crippen molar-refractivity contribution in [3.63, 3.8) is 0 Å². The molecule has 3 heteroatoms. The summed E-state index contributed by atoms with van der Waals surface area (Å²) in [7, 11) is 0. The summed E-state index contributed by atoms with van der Waals surface area (Å²) in [4.78, 5) is 1.36. The lowest BCUT2D eigenvalue weighted by molar-refractivity contribution is 0.556. The highest BCUT2D eigenvalue weighted by Gasteiger charge is 2.28. The zero-order chi connectivity index (χ0) is 14.3. The van der Waals surface area contributed by atoms with E-state index >= 15 is 0 Å². The Hall–Kier alpha value is -0.440. The molecule has 104 valence electrons. The number of benzene rings is 2. The van der Waals surface area contributed by atoms with Gasteiger partial charge < -0.3 is 0 Å². The molecule has 0 spiro atoms. The highest BCUT2D eigenvalue weighted by atomic mass is 79.9. The van der Waals surface area contributed by atoms with Crippen LogP contribution in [0, 0.1) is 5.92 Å². The smallest absolute Gasteiger partial charge is 0.0449 e. The van der Waals surface area contributed by atoms with E-state index in [9.17, 15) is 0 Å². The van der Waals surface area contributed by atoms with E-state index in [-0.39, 0.29) is 0 Å². The molecule has 20 heavy (non-hydrogen) atoms. The van der Waals surface area contributed by atoms with Crippen LogP contribution in [-0.4, -0.2) is 0 Å². The van der Waals surface area contributed by atoms with Gasteiger partial charge in [0.05, 0.1) is 0 Å². The van der Waals surface area contributed by atoms with Gasteiger partial charge in [0, 0.05) is 26.1 Å². The minimum absolute atomic E-state index is 0.409. The number of fused-ring (bicyclic) bond motifs is 2. The van der Waals surface area contributed by atoms with Gasteiger partial charge in [-0.3, -0.25) is 0 Å². The first-order chi connectivity index (χ1) is 9.59. The maximum atomic E-state index is 6.44. The van der Waals surface area contributed by atoms with Crippen LogP contribution < -0.4 is 0 Å². The minimum Gasteiger partial charge on any atom is -0.120 e. The second-order valence-corrected chi connectivity index (χ2v) is 7.72. The van der Waals surface area contributed by atoms with Gasteiger partial charge in [-0.2, -0.15) is 0 Å². The van der Waals surface area contributed by atoms with Crippen LogP contribution in [0.2, 0.25) is 5.02 Å². The lowest BCUT2D eigenvalue weighted by Gasteiger charge is -2.24. The van der Waals surface area contributed by atoms with E-state index in [4.69, 9.17) is 11.6 Å². The van der Waals surface area contributed by atoms with Crippen LogP contribution >= 0.6 is 39.3 Å². The van der Waals surface area contributed by atoms with Gasteiger partial charge in [-0.05, 0) is 50.7 Å². The summed E-state index contributed by atoms with van der Waals surface area (Å²) in [6, 6.07) is 12.8. The predicted octanol–water partition coefficient (Wildman–Crippen LogP) is 6.50. The quantitative estimate of drug-likeness (QED) is 0.554. The average molecular weight is 368 g/mol. The first-order valence-electron chi connectivity index (χ1n) is 6.78. The second kappa shape index (κ2) is 5.75. The van der Waals surface area contributed by atoms with Gasteiger partial charge >= 0.3 is 0 Å². The molecule has 0 N–H and O–H groups in total. The van der Waals surface area contributed by atoms with Crippen molar-refractivity contribution in [3.8, 4) is 0 Å². The zero-order valence-corrected chi connectivity index (χ0v) is 14.6. The lowest BCUT2D eigenvalue weighted by atomic mass is 9.81. The molecule has 1 unspecified atom stereocenters. The van der Waals surface area contributed by atoms with Crippen molar-refractivity contribution < 1.29 is 0 Å². The third kappa shape index (κ3) is 2.43. The molecule has 0 amide bonds. The lowest BCUT2D eigenvalue weighted by Crippen LogP contribution is -2.10. The molecular weight excluding hydrogens is 352 g/mol. The normalized spacial score (nSPS) is 17.6. The molecule has 0 saturated heterocycles. The average Bonchev–Trinajstić information content (AvgIpc) is 2.57. The van der Waals surface area contributed by atoms with E-state index in [0.717, 1.165) is 10.8 Å². The van der Waals surface area contributed by atoms with Crippen molar-refractivity contribution in [1.29, 1.82) is 0 Å². The van der Waals surface area contributed by atoms with Crippen LogP contribution in [0.5, 0.6) is 0 Å². The summed E-state index contributed by atoms with van der Waals surface area (Å²) in [6.07, 6.45) is 0. The summed E-state index contributed by atoms with van der Waals surface area (Å²) >= 11 is 12.0. The topological polar surface area (TPSA) is 0 Å². The van der Waals surface area contributed by atoms with Gasteiger partial charge in [0.2, 0.25) is 0 Å². The third-order valence-electron chi connectivity index (χ3n) is 3.85. The Morgan fingerprint density at radius 3 is 2.60 bits per heavy atom. The van der Waals surface area contributed by atoms with Crippen molar-refractivity contribution in [3.05, 3.63) is 62.6 Å². The summed E-state index contributed by atoms with van der Waals surface area (Å²) in [5, 5.41) is 0.893. The van der Waals surface area contributed by atoms with Gasteiger partial charge in [0.15, 0.2) is 0 Å². The van der Waals surface area contributed by atoms with Crippen LogP contribution in [0.4, 0.5) is 0 Å². The fraction of sp³-hybridized carbons (Fsp3) is 0.294. The molecule has 1 aliphatic rings. The third-order valence-corrected chi connectivity index (χ3v) is 6.30. The van der Waals surface area contributed by atoms with E-state index in [2.05, 4.69) is 60.1 Å². The van der Waals surface area contributed by atoms with Crippen LogP contribution in [0.3, 0.4) is 0 Å². The summed E-state index contributed by atoms with van der Waals surface area (Å²) in [5.74, 6) is 1.89. The van der Waals surface area contributed by atoms with Crippen LogP contribution in [0.1, 0.15) is 36.5 Å². The van der Waals surface area contributed by atoms with Crippen molar-refractivity contribution in [2.75, 3.05) is 0 Å². The maximum Gasteiger partial charge on any atom is 0.0449 e. The molecule has 0 saturated carbocycles. The Morgan fingerprint density at radius 2 is 1.85 bits per heavy atom. The van der Waals surface area contributed by atoms with Gasteiger partial charge in [-0.1, -0.05) is 49.7 Å². The zero-order valence-electron chi connectivity index (χ0n) is 11.5. The molecular formula is C17H16BrClS. The van der Waals surface area contributed by atoms with Crippen LogP contribution in [-0.2, 0) is 5.75 Å². The number of hydrogen-bond acceptors (Lipinski definition) is 1. The van der Waals surface area contributed by atoms with E-state index < -0.39 is 0 Å². The molecule has 0 nitrogen and oxygen atoms in total. The molecule has 0 fully saturated rings. The number of rotatable bonds is 1. The maximum absolute atomic E-state index is 6.44. The first-order valence-corrected chi connectivity index (χ1v) is 8.93. The van der Waals surface area contributed by atoms with Crippen molar-refractivity contribution in [2.24, 2.45) is 5.92 Å². The Morgan fingerprint density at radius 1 is 1.15 bits per heavy atom. The molecule has 0 radical (unpaired) electrons. The first kappa shape index (κ1) is 14.5. The van der Waals surface area contributed by atoms with Crippen LogP contribution in [0.25, 0.3) is 0 Å². The van der Waals surface area contributed by atoms with E-state index in [1.807, 2.05) is 17.8 Å². The van der Waals surface area contributed by atoms with Gasteiger partial charge in [-0.15, -0.1) is 11.8 Å². The molecule has 1 aliphatic heterocycles. The fourth-order valence-corrected chi connectivity index (χ4v) is 5.20. The number of thioether (sulfide) groups is 1. The van der Waals surface area contributed by atoms with E-state index in [1.54, 1.807) is 0 Å². The molecule has 2 aromatic carbocycles. The monoisotopic (exact) mass is 366 g/mol.